The molecule has 2 bridgehead atoms. The van der Waals surface area contributed by atoms with Gasteiger partial charge in [-0.2, -0.15) is 0 Å². The van der Waals surface area contributed by atoms with Gasteiger partial charge in [0.1, 0.15) is 0 Å². The summed E-state index contributed by atoms with van der Waals surface area (Å²) in [7, 11) is 0. The minimum absolute atomic E-state index is 0.735. The summed E-state index contributed by atoms with van der Waals surface area (Å²) in [5, 5.41) is 3.58. The van der Waals surface area contributed by atoms with E-state index in [4.69, 9.17) is 0 Å². The van der Waals surface area contributed by atoms with Gasteiger partial charge in [0.15, 0.2) is 0 Å². The molecule has 0 amide bonds. The number of nitrogens with zero attached hydrogens (tertiary/aromatic N) is 1. The first-order valence-corrected chi connectivity index (χ1v) is 6.63. The average Bonchev–Trinajstić information content (AvgIpc) is 2.77. The molecular weight excluding hydrogens is 184 g/mol. The summed E-state index contributed by atoms with van der Waals surface area (Å²) in [6.07, 6.45) is 4.43. The minimum Gasteiger partial charge on any atom is -0.315 e. The molecule has 3 atom stereocenters. The van der Waals surface area contributed by atoms with E-state index < -0.39 is 0 Å². The van der Waals surface area contributed by atoms with E-state index in [1.54, 1.807) is 0 Å². The van der Waals surface area contributed by atoms with Crippen molar-refractivity contribution >= 4 is 0 Å². The normalized spacial score (nSPS) is 32.8. The quantitative estimate of drug-likeness (QED) is 0.747. The number of hydrogen-bond donors (Lipinski definition) is 1. The van der Waals surface area contributed by atoms with Crippen LogP contribution in [0.25, 0.3) is 0 Å². The van der Waals surface area contributed by atoms with Crippen LogP contribution in [-0.2, 0) is 0 Å². The van der Waals surface area contributed by atoms with Gasteiger partial charge in [-0.15, -0.1) is 0 Å². The fourth-order valence-corrected chi connectivity index (χ4v) is 3.20. The fourth-order valence-electron chi connectivity index (χ4n) is 3.20. The summed E-state index contributed by atoms with van der Waals surface area (Å²) in [4.78, 5) is 2.74. The van der Waals surface area contributed by atoms with E-state index in [9.17, 15) is 0 Å². The van der Waals surface area contributed by atoms with E-state index in [0.717, 1.165) is 30.5 Å². The van der Waals surface area contributed by atoms with Gasteiger partial charge in [0.25, 0.3) is 0 Å². The standard InChI is InChI=1S/C13H26N2/c1-10(2)7-14-8-11(3)15-9-12-4-5-13(15)6-12/h10-14H,4-9H2,1-3H3. The van der Waals surface area contributed by atoms with Crippen molar-refractivity contribution in [2.24, 2.45) is 11.8 Å². The predicted octanol–water partition coefficient (Wildman–Crippen LogP) is 2.10. The number of rotatable bonds is 5. The predicted molar refractivity (Wildman–Crippen MR) is 65.0 cm³/mol. The average molecular weight is 210 g/mol. The summed E-state index contributed by atoms with van der Waals surface area (Å²) >= 11 is 0. The third kappa shape index (κ3) is 2.73. The van der Waals surface area contributed by atoms with Crippen molar-refractivity contribution in [3.63, 3.8) is 0 Å². The number of piperidine rings is 1. The number of likely N-dealkylation sites (tertiary alicyclic amines) is 1. The molecule has 1 saturated heterocycles. The molecule has 1 heterocycles. The highest BCUT2D eigenvalue weighted by atomic mass is 15.2. The van der Waals surface area contributed by atoms with Crippen molar-refractivity contribution in [3.05, 3.63) is 0 Å². The highest BCUT2D eigenvalue weighted by Gasteiger charge is 2.39. The van der Waals surface area contributed by atoms with Gasteiger partial charge in [-0.1, -0.05) is 13.8 Å². The first kappa shape index (κ1) is 11.4. The summed E-state index contributed by atoms with van der Waals surface area (Å²) in [5.74, 6) is 1.80. The zero-order valence-corrected chi connectivity index (χ0v) is 10.5. The SMILES string of the molecule is CC(C)CNCC(C)N1CC2CCC1C2. The van der Waals surface area contributed by atoms with Crippen LogP contribution in [-0.4, -0.2) is 36.6 Å². The number of nitrogens with one attached hydrogen (secondary N) is 1. The monoisotopic (exact) mass is 210 g/mol. The molecular formula is C13H26N2. The summed E-state index contributed by atoms with van der Waals surface area (Å²) in [6, 6.07) is 1.66. The van der Waals surface area contributed by atoms with E-state index in [1.807, 2.05) is 0 Å². The van der Waals surface area contributed by atoms with Crippen molar-refractivity contribution in [1.82, 2.24) is 10.2 Å². The number of hydrogen-bond acceptors (Lipinski definition) is 2. The van der Waals surface area contributed by atoms with Crippen LogP contribution in [0.1, 0.15) is 40.0 Å². The zero-order valence-electron chi connectivity index (χ0n) is 10.5. The molecule has 15 heavy (non-hydrogen) atoms. The Morgan fingerprint density at radius 1 is 1.20 bits per heavy atom. The van der Waals surface area contributed by atoms with E-state index in [2.05, 4.69) is 31.0 Å². The molecule has 0 radical (unpaired) electrons. The van der Waals surface area contributed by atoms with Gasteiger partial charge < -0.3 is 5.32 Å². The van der Waals surface area contributed by atoms with E-state index in [-0.39, 0.29) is 0 Å². The lowest BCUT2D eigenvalue weighted by atomic mass is 10.1. The van der Waals surface area contributed by atoms with Crippen molar-refractivity contribution < 1.29 is 0 Å². The van der Waals surface area contributed by atoms with Crippen LogP contribution in [0.4, 0.5) is 0 Å². The van der Waals surface area contributed by atoms with Gasteiger partial charge >= 0.3 is 0 Å². The third-order valence-corrected chi connectivity index (χ3v) is 4.01. The second kappa shape index (κ2) is 4.84. The van der Waals surface area contributed by atoms with Crippen LogP contribution >= 0.6 is 0 Å². The van der Waals surface area contributed by atoms with Crippen LogP contribution in [0.15, 0.2) is 0 Å². The third-order valence-electron chi connectivity index (χ3n) is 4.01. The molecule has 1 saturated carbocycles. The zero-order chi connectivity index (χ0) is 10.8. The molecule has 1 N–H and O–H groups in total. The highest BCUT2D eigenvalue weighted by molar-refractivity contribution is 4.94. The maximum atomic E-state index is 3.58. The summed E-state index contributed by atoms with van der Waals surface area (Å²) in [5.41, 5.74) is 0. The number of fused-ring (bicyclic) bond motifs is 2. The van der Waals surface area contributed by atoms with Crippen LogP contribution in [0.3, 0.4) is 0 Å². The van der Waals surface area contributed by atoms with Gasteiger partial charge in [-0.05, 0) is 44.6 Å². The lowest BCUT2D eigenvalue weighted by Gasteiger charge is -2.33. The summed E-state index contributed by atoms with van der Waals surface area (Å²) in [6.45, 7) is 10.6. The lowest BCUT2D eigenvalue weighted by Crippen LogP contribution is -2.45. The molecule has 1 aliphatic heterocycles. The maximum Gasteiger partial charge on any atom is 0.0195 e. The van der Waals surface area contributed by atoms with Gasteiger partial charge in [0.05, 0.1) is 0 Å². The topological polar surface area (TPSA) is 15.3 Å². The summed E-state index contributed by atoms with van der Waals surface area (Å²) < 4.78 is 0. The van der Waals surface area contributed by atoms with E-state index >= 15 is 0 Å². The van der Waals surface area contributed by atoms with Gasteiger partial charge in [0, 0.05) is 25.2 Å². The Bertz CT molecular complexity index is 203. The van der Waals surface area contributed by atoms with Gasteiger partial charge in [0.2, 0.25) is 0 Å². The first-order chi connectivity index (χ1) is 7.16. The maximum absolute atomic E-state index is 3.58. The fraction of sp³-hybridized carbons (Fsp3) is 1.00. The van der Waals surface area contributed by atoms with E-state index in [0.29, 0.717) is 0 Å². The van der Waals surface area contributed by atoms with Crippen LogP contribution < -0.4 is 5.32 Å². The van der Waals surface area contributed by atoms with Gasteiger partial charge in [-0.25, -0.2) is 0 Å². The molecule has 0 spiro atoms. The largest absolute Gasteiger partial charge is 0.315 e. The second-order valence-electron chi connectivity index (χ2n) is 5.93. The smallest absolute Gasteiger partial charge is 0.0195 e. The minimum atomic E-state index is 0.735. The Kier molecular flexibility index (Phi) is 3.68. The van der Waals surface area contributed by atoms with Crippen molar-refractivity contribution in [3.8, 4) is 0 Å². The van der Waals surface area contributed by atoms with E-state index in [1.165, 1.54) is 32.4 Å². The van der Waals surface area contributed by atoms with Gasteiger partial charge in [-0.3, -0.25) is 4.90 Å². The molecule has 3 unspecified atom stereocenters. The molecule has 2 heteroatoms. The Morgan fingerprint density at radius 2 is 2.00 bits per heavy atom. The first-order valence-electron chi connectivity index (χ1n) is 6.63. The molecule has 0 aromatic rings. The molecule has 2 nitrogen and oxygen atoms in total. The van der Waals surface area contributed by atoms with Crippen LogP contribution in [0.2, 0.25) is 0 Å². The molecule has 0 aromatic heterocycles. The molecule has 2 fully saturated rings. The van der Waals surface area contributed by atoms with Crippen molar-refractivity contribution in [2.75, 3.05) is 19.6 Å². The Balaban J connectivity index is 1.70. The Morgan fingerprint density at radius 3 is 2.53 bits per heavy atom. The van der Waals surface area contributed by atoms with Crippen molar-refractivity contribution in [2.45, 2.75) is 52.1 Å². The molecule has 1 aliphatic carbocycles. The van der Waals surface area contributed by atoms with Crippen LogP contribution in [0.5, 0.6) is 0 Å². The lowest BCUT2D eigenvalue weighted by molar-refractivity contribution is 0.156. The van der Waals surface area contributed by atoms with Crippen LogP contribution in [0, 0.1) is 11.8 Å². The molecule has 0 aromatic carbocycles. The second-order valence-corrected chi connectivity index (χ2v) is 5.93. The Hall–Kier alpha value is -0.0800. The molecule has 2 aliphatic rings. The molecule has 2 rings (SSSR count). The Labute approximate surface area is 94.4 Å². The highest BCUT2D eigenvalue weighted by Crippen LogP contribution is 2.38. The molecule has 88 valence electrons. The van der Waals surface area contributed by atoms with Crippen molar-refractivity contribution in [1.29, 1.82) is 0 Å².